The van der Waals surface area contributed by atoms with Crippen molar-refractivity contribution < 1.29 is 37.5 Å². The van der Waals surface area contributed by atoms with Gasteiger partial charge in [-0.2, -0.15) is 0 Å². The number of ether oxygens (including phenoxy) is 3. The van der Waals surface area contributed by atoms with E-state index in [2.05, 4.69) is 9.71 Å². The number of carboxylic acid groups (broad SMARTS) is 1. The average molecular weight is 585 g/mol. The molecule has 2 heterocycles. The molecule has 0 aliphatic carbocycles. The molecule has 41 heavy (non-hydrogen) atoms. The van der Waals surface area contributed by atoms with E-state index in [4.69, 9.17) is 18.6 Å². The first kappa shape index (κ1) is 30.3. The predicted molar refractivity (Wildman–Crippen MR) is 154 cm³/mol. The number of rotatable bonds is 12. The Hall–Kier alpha value is -3.64. The summed E-state index contributed by atoms with van der Waals surface area (Å²) >= 11 is -1.40. The van der Waals surface area contributed by atoms with Gasteiger partial charge in [0.05, 0.1) is 25.8 Å². The standard InChI is InChI=1S/C30H33FN2O7S/c1-30(2,3)41(36)33-15-25-28(31)23(8-9-32-25)24-11-18(10-20-12-22(17-37-4)40-29(20)24)16-39-26-14-21(38-5)7-6-19(26)13-27(34)35/h6-12,14,33H,13,15-17H2,1-5H3,(H,34,35)/t41-/m0/s1. The van der Waals surface area contributed by atoms with Gasteiger partial charge in [-0.3, -0.25) is 9.78 Å². The summed E-state index contributed by atoms with van der Waals surface area (Å²) in [4.78, 5) is 15.5. The van der Waals surface area contributed by atoms with Crippen LogP contribution < -0.4 is 14.2 Å². The van der Waals surface area contributed by atoms with Crippen molar-refractivity contribution >= 4 is 28.3 Å². The number of aromatic nitrogens is 1. The summed E-state index contributed by atoms with van der Waals surface area (Å²) in [5.74, 6) is -0.0907. The Balaban J connectivity index is 1.72. The Kier molecular flexibility index (Phi) is 9.54. The van der Waals surface area contributed by atoms with Gasteiger partial charge in [0.25, 0.3) is 0 Å². The van der Waals surface area contributed by atoms with Gasteiger partial charge in [-0.15, -0.1) is 4.72 Å². The number of aliphatic carboxylic acids is 1. The van der Waals surface area contributed by atoms with Crippen molar-refractivity contribution in [3.63, 3.8) is 0 Å². The summed E-state index contributed by atoms with van der Waals surface area (Å²) in [6, 6.07) is 12.0. The van der Waals surface area contributed by atoms with Crippen molar-refractivity contribution in [2.24, 2.45) is 0 Å². The summed E-state index contributed by atoms with van der Waals surface area (Å²) < 4.78 is 53.3. The van der Waals surface area contributed by atoms with Crippen LogP contribution in [-0.4, -0.2) is 39.6 Å². The lowest BCUT2D eigenvalue weighted by molar-refractivity contribution is -0.136. The van der Waals surface area contributed by atoms with E-state index in [1.807, 2.05) is 32.9 Å². The fraction of sp³-hybridized carbons (Fsp3) is 0.333. The smallest absolute Gasteiger partial charge is 0.307 e. The zero-order valence-corrected chi connectivity index (χ0v) is 24.4. The van der Waals surface area contributed by atoms with Gasteiger partial charge in [0.1, 0.15) is 40.8 Å². The fourth-order valence-corrected chi connectivity index (χ4v) is 4.90. The third-order valence-corrected chi connectivity index (χ3v) is 7.72. The van der Waals surface area contributed by atoms with Crippen molar-refractivity contribution in [3.05, 3.63) is 77.1 Å². The fourth-order valence-electron chi connectivity index (χ4n) is 4.20. The molecule has 0 spiro atoms. The van der Waals surface area contributed by atoms with Crippen LogP contribution in [0.4, 0.5) is 4.39 Å². The third-order valence-electron chi connectivity index (χ3n) is 6.20. The molecule has 0 amide bonds. The lowest BCUT2D eigenvalue weighted by atomic mass is 10.00. The number of carbonyl (C=O) groups is 1. The predicted octanol–water partition coefficient (Wildman–Crippen LogP) is 5.55. The molecule has 4 rings (SSSR count). The van der Waals surface area contributed by atoms with Crippen molar-refractivity contribution in [1.82, 2.24) is 9.71 Å². The van der Waals surface area contributed by atoms with E-state index in [1.165, 1.54) is 13.3 Å². The van der Waals surface area contributed by atoms with Crippen LogP contribution in [0.5, 0.6) is 11.5 Å². The zero-order valence-electron chi connectivity index (χ0n) is 23.6. The molecule has 2 aromatic carbocycles. The quantitative estimate of drug-likeness (QED) is 0.206. The van der Waals surface area contributed by atoms with E-state index in [0.717, 1.165) is 0 Å². The van der Waals surface area contributed by atoms with Crippen molar-refractivity contribution in [2.75, 3.05) is 14.2 Å². The Labute approximate surface area is 240 Å². The molecule has 0 saturated carbocycles. The van der Waals surface area contributed by atoms with E-state index >= 15 is 4.39 Å². The van der Waals surface area contributed by atoms with E-state index < -0.39 is 27.9 Å². The van der Waals surface area contributed by atoms with Crippen LogP contribution >= 0.6 is 0 Å². The molecule has 2 N–H and O–H groups in total. The maximum absolute atomic E-state index is 15.9. The van der Waals surface area contributed by atoms with Gasteiger partial charge in [0, 0.05) is 52.8 Å². The minimum absolute atomic E-state index is 0.0230. The average Bonchev–Trinajstić information content (AvgIpc) is 3.33. The molecule has 4 aromatic rings. The van der Waals surface area contributed by atoms with Gasteiger partial charge in [0.2, 0.25) is 0 Å². The molecule has 9 nitrogen and oxygen atoms in total. The number of nitrogens with one attached hydrogen (secondary N) is 1. The number of pyridine rings is 1. The molecule has 218 valence electrons. The molecule has 0 aliphatic rings. The lowest BCUT2D eigenvalue weighted by Gasteiger charge is -2.23. The van der Waals surface area contributed by atoms with Gasteiger partial charge in [-0.25, -0.2) is 4.39 Å². The monoisotopic (exact) mass is 584 g/mol. The topological polar surface area (TPSA) is 126 Å². The second-order valence-corrected chi connectivity index (χ2v) is 12.4. The molecule has 0 saturated heterocycles. The van der Waals surface area contributed by atoms with Gasteiger partial charge < -0.3 is 28.3 Å². The van der Waals surface area contributed by atoms with Crippen LogP contribution in [0, 0.1) is 5.82 Å². The number of nitrogens with zero attached hydrogens (tertiary/aromatic N) is 1. The second-order valence-electron chi connectivity index (χ2n) is 10.4. The molecule has 2 aromatic heterocycles. The first-order valence-corrected chi connectivity index (χ1v) is 14.0. The number of hydrogen-bond acceptors (Lipinski definition) is 8. The highest BCUT2D eigenvalue weighted by Crippen LogP contribution is 2.35. The third kappa shape index (κ3) is 7.36. The molecular formula is C30H33FN2O7S. The van der Waals surface area contributed by atoms with Crippen LogP contribution in [0.1, 0.15) is 43.4 Å². The molecule has 0 aliphatic heterocycles. The number of furan rings is 1. The van der Waals surface area contributed by atoms with Crippen molar-refractivity contribution in [1.29, 1.82) is 0 Å². The summed E-state index contributed by atoms with van der Waals surface area (Å²) in [7, 11) is 3.07. The molecule has 11 heteroatoms. The molecule has 0 bridgehead atoms. The SMILES string of the molecule is COCc1cc2cc(COc3cc(OC)ccc3CC(=O)O)cc(-c3ccnc(CN[S@@+]([O-])C(C)(C)C)c3F)c2o1. The van der Waals surface area contributed by atoms with Gasteiger partial charge in [0.15, 0.2) is 5.82 Å². The largest absolute Gasteiger partial charge is 0.598 e. The Morgan fingerprint density at radius 1 is 1.12 bits per heavy atom. The number of benzene rings is 2. The molecular weight excluding hydrogens is 551 g/mol. The van der Waals surface area contributed by atoms with Crippen LogP contribution in [-0.2, 0) is 47.1 Å². The lowest BCUT2D eigenvalue weighted by Crippen LogP contribution is -2.39. The maximum atomic E-state index is 15.9. The zero-order chi connectivity index (χ0) is 29.7. The van der Waals surface area contributed by atoms with Gasteiger partial charge >= 0.3 is 5.97 Å². The minimum atomic E-state index is -1.40. The number of methoxy groups -OCH3 is 2. The van der Waals surface area contributed by atoms with E-state index in [-0.39, 0.29) is 37.4 Å². The van der Waals surface area contributed by atoms with Crippen molar-refractivity contribution in [3.8, 4) is 22.6 Å². The summed E-state index contributed by atoms with van der Waals surface area (Å²) in [5.41, 5.74) is 2.53. The summed E-state index contributed by atoms with van der Waals surface area (Å²) in [6.45, 7) is 5.75. The first-order valence-electron chi connectivity index (χ1n) is 12.8. The maximum Gasteiger partial charge on any atom is 0.307 e. The van der Waals surface area contributed by atoms with E-state index in [0.29, 0.717) is 44.9 Å². The minimum Gasteiger partial charge on any atom is -0.598 e. The number of fused-ring (bicyclic) bond motifs is 1. The van der Waals surface area contributed by atoms with Crippen LogP contribution in [0.25, 0.3) is 22.1 Å². The highest BCUT2D eigenvalue weighted by Gasteiger charge is 2.27. The Morgan fingerprint density at radius 3 is 2.59 bits per heavy atom. The molecule has 0 fully saturated rings. The van der Waals surface area contributed by atoms with Crippen LogP contribution in [0.15, 0.2) is 53.1 Å². The highest BCUT2D eigenvalue weighted by atomic mass is 32.2. The number of halogens is 1. The molecule has 1 atom stereocenters. The van der Waals surface area contributed by atoms with Crippen molar-refractivity contribution in [2.45, 2.75) is 51.7 Å². The van der Waals surface area contributed by atoms with E-state index in [9.17, 15) is 14.5 Å². The summed E-state index contributed by atoms with van der Waals surface area (Å²) in [5, 5.41) is 10.0. The number of carboxylic acids is 1. The molecule has 0 unspecified atom stereocenters. The molecule has 0 radical (unpaired) electrons. The van der Waals surface area contributed by atoms with Crippen LogP contribution in [0.2, 0.25) is 0 Å². The van der Waals surface area contributed by atoms with Gasteiger partial charge in [-0.1, -0.05) is 6.07 Å². The Morgan fingerprint density at radius 2 is 1.90 bits per heavy atom. The number of hydrogen-bond donors (Lipinski definition) is 2. The first-order chi connectivity index (χ1) is 19.5. The van der Waals surface area contributed by atoms with Crippen LogP contribution in [0.3, 0.4) is 0 Å². The Bertz CT molecular complexity index is 1530. The second kappa shape index (κ2) is 12.9. The summed E-state index contributed by atoms with van der Waals surface area (Å²) in [6.07, 6.45) is 1.28. The highest BCUT2D eigenvalue weighted by molar-refractivity contribution is 7.90. The normalized spacial score (nSPS) is 12.5. The van der Waals surface area contributed by atoms with Gasteiger partial charge in [-0.05, 0) is 56.7 Å². The van der Waals surface area contributed by atoms with E-state index in [1.54, 1.807) is 37.4 Å².